The van der Waals surface area contributed by atoms with Gasteiger partial charge in [0.15, 0.2) is 0 Å². The van der Waals surface area contributed by atoms with Crippen LogP contribution in [0.25, 0.3) is 0 Å². The number of unbranched alkanes of at least 4 members (excludes halogenated alkanes) is 12. The van der Waals surface area contributed by atoms with Crippen LogP contribution in [0, 0.1) is 0 Å². The van der Waals surface area contributed by atoms with Crippen molar-refractivity contribution >= 4 is 5.91 Å². The van der Waals surface area contributed by atoms with Crippen LogP contribution in [-0.2, 0) is 4.79 Å². The summed E-state index contributed by atoms with van der Waals surface area (Å²) in [6, 6.07) is -0.665. The van der Waals surface area contributed by atoms with Crippen molar-refractivity contribution in [2.24, 2.45) is 0 Å². The van der Waals surface area contributed by atoms with Gasteiger partial charge in [-0.05, 0) is 57.8 Å². The van der Waals surface area contributed by atoms with Gasteiger partial charge in [-0.25, -0.2) is 0 Å². The third-order valence-electron chi connectivity index (χ3n) is 7.06. The van der Waals surface area contributed by atoms with Gasteiger partial charge in [0.1, 0.15) is 0 Å². The summed E-state index contributed by atoms with van der Waals surface area (Å²) in [4.78, 5) is 12.3. The summed E-state index contributed by atoms with van der Waals surface area (Å²) in [5, 5.41) is 32.8. The molecule has 236 valence electrons. The van der Waals surface area contributed by atoms with Crippen LogP contribution in [0.15, 0.2) is 60.8 Å². The van der Waals surface area contributed by atoms with Crippen LogP contribution in [0.1, 0.15) is 136 Å². The zero-order chi connectivity index (χ0) is 30.2. The second-order valence-electron chi connectivity index (χ2n) is 11.0. The SMILES string of the molecule is CC/C=C/C/C=C/C=C/C(O)CCCCCCCC(=O)N[C@@H](CO)[C@H](O)/C=C/CCCCCCCC/C=C\CCC. The highest BCUT2D eigenvalue weighted by Crippen LogP contribution is 2.11. The van der Waals surface area contributed by atoms with Gasteiger partial charge in [-0.1, -0.05) is 132 Å². The Hall–Kier alpha value is -1.95. The molecule has 0 aromatic carbocycles. The number of carbonyl (C=O) groups excluding carboxylic acids is 1. The average molecular weight is 574 g/mol. The number of nitrogens with one attached hydrogen (secondary N) is 1. The molecule has 1 unspecified atom stereocenters. The largest absolute Gasteiger partial charge is 0.394 e. The number of aliphatic hydroxyl groups excluding tert-OH is 3. The van der Waals surface area contributed by atoms with E-state index in [1.54, 1.807) is 6.08 Å². The predicted octanol–water partition coefficient (Wildman–Crippen LogP) is 8.42. The molecule has 0 rings (SSSR count). The molecule has 0 aromatic rings. The van der Waals surface area contributed by atoms with E-state index in [-0.39, 0.29) is 12.5 Å². The molecule has 0 aliphatic carbocycles. The fourth-order valence-electron chi connectivity index (χ4n) is 4.48. The first-order chi connectivity index (χ1) is 20.0. The highest BCUT2D eigenvalue weighted by atomic mass is 16.3. The highest BCUT2D eigenvalue weighted by molar-refractivity contribution is 5.76. The third kappa shape index (κ3) is 28.0. The minimum absolute atomic E-state index is 0.129. The molecule has 0 aliphatic heterocycles. The van der Waals surface area contributed by atoms with Crippen molar-refractivity contribution in [1.29, 1.82) is 0 Å². The lowest BCUT2D eigenvalue weighted by molar-refractivity contribution is -0.123. The Morgan fingerprint density at radius 2 is 1.32 bits per heavy atom. The average Bonchev–Trinajstić information content (AvgIpc) is 2.97. The van der Waals surface area contributed by atoms with Crippen LogP contribution in [0.3, 0.4) is 0 Å². The van der Waals surface area contributed by atoms with Gasteiger partial charge < -0.3 is 20.6 Å². The maximum atomic E-state index is 12.3. The van der Waals surface area contributed by atoms with Crippen molar-refractivity contribution in [3.63, 3.8) is 0 Å². The minimum atomic E-state index is -0.876. The molecular formula is C36H63NO4. The number of carbonyl (C=O) groups is 1. The fraction of sp³-hybridized carbons (Fsp3) is 0.694. The lowest BCUT2D eigenvalue weighted by atomic mass is 10.1. The van der Waals surface area contributed by atoms with Crippen molar-refractivity contribution in [2.75, 3.05) is 6.61 Å². The molecule has 0 heterocycles. The quantitative estimate of drug-likeness (QED) is 0.0430. The predicted molar refractivity (Wildman–Crippen MR) is 176 cm³/mol. The van der Waals surface area contributed by atoms with Gasteiger partial charge in [-0.3, -0.25) is 4.79 Å². The van der Waals surface area contributed by atoms with E-state index in [2.05, 4.69) is 49.5 Å². The lowest BCUT2D eigenvalue weighted by Crippen LogP contribution is -2.45. The Balaban J connectivity index is 3.81. The van der Waals surface area contributed by atoms with Crippen molar-refractivity contribution in [1.82, 2.24) is 5.32 Å². The second-order valence-corrected chi connectivity index (χ2v) is 11.0. The monoisotopic (exact) mass is 573 g/mol. The summed E-state index contributed by atoms with van der Waals surface area (Å²) >= 11 is 0. The molecule has 0 aliphatic rings. The normalized spacial score (nSPS) is 14.8. The lowest BCUT2D eigenvalue weighted by Gasteiger charge is -2.20. The zero-order valence-corrected chi connectivity index (χ0v) is 26.4. The maximum absolute atomic E-state index is 12.3. The van der Waals surface area contributed by atoms with Crippen LogP contribution < -0.4 is 5.32 Å². The Morgan fingerprint density at radius 1 is 0.683 bits per heavy atom. The van der Waals surface area contributed by atoms with E-state index in [9.17, 15) is 20.1 Å². The summed E-state index contributed by atoms with van der Waals surface area (Å²) < 4.78 is 0. The van der Waals surface area contributed by atoms with Crippen LogP contribution in [0.5, 0.6) is 0 Å². The van der Waals surface area contributed by atoms with E-state index in [0.717, 1.165) is 64.2 Å². The van der Waals surface area contributed by atoms with Gasteiger partial charge in [-0.2, -0.15) is 0 Å². The molecule has 0 bridgehead atoms. The Bertz CT molecular complexity index is 725. The first-order valence-corrected chi connectivity index (χ1v) is 16.6. The minimum Gasteiger partial charge on any atom is -0.394 e. The number of hydrogen-bond donors (Lipinski definition) is 4. The van der Waals surface area contributed by atoms with Gasteiger partial charge in [0.05, 0.1) is 24.9 Å². The topological polar surface area (TPSA) is 89.8 Å². The number of rotatable bonds is 28. The molecule has 4 N–H and O–H groups in total. The van der Waals surface area contributed by atoms with E-state index in [1.807, 2.05) is 24.3 Å². The number of hydrogen-bond acceptors (Lipinski definition) is 4. The molecule has 5 nitrogen and oxygen atoms in total. The smallest absolute Gasteiger partial charge is 0.220 e. The molecule has 0 radical (unpaired) electrons. The highest BCUT2D eigenvalue weighted by Gasteiger charge is 2.17. The van der Waals surface area contributed by atoms with Gasteiger partial charge >= 0.3 is 0 Å². The maximum Gasteiger partial charge on any atom is 0.220 e. The van der Waals surface area contributed by atoms with Crippen LogP contribution in [-0.4, -0.2) is 46.1 Å². The summed E-state index contributed by atoms with van der Waals surface area (Å²) in [7, 11) is 0. The molecule has 41 heavy (non-hydrogen) atoms. The third-order valence-corrected chi connectivity index (χ3v) is 7.06. The van der Waals surface area contributed by atoms with Gasteiger partial charge in [0, 0.05) is 6.42 Å². The van der Waals surface area contributed by atoms with Crippen LogP contribution in [0.4, 0.5) is 0 Å². The molecule has 0 aromatic heterocycles. The standard InChI is InChI=1S/C36H63NO4/c1-3-5-7-9-11-12-13-14-15-16-18-22-26-30-35(40)34(32-38)37-36(41)31-27-23-19-21-25-29-33(39)28-24-20-17-10-8-6-4-2/h6-9,17,20,24,26,28,30,33-35,38-40H,3-5,10-16,18-19,21-23,25,27,29,31-32H2,1-2H3,(H,37,41)/b8-6+,9-7-,20-17+,28-24+,30-26+/t33?,34-,35+/m0/s1. The second kappa shape index (κ2) is 31.0. The molecule has 5 heteroatoms. The fourth-order valence-corrected chi connectivity index (χ4v) is 4.48. The van der Waals surface area contributed by atoms with Gasteiger partial charge in [-0.15, -0.1) is 0 Å². The summed E-state index contributed by atoms with van der Waals surface area (Å²) in [6.45, 7) is 4.04. The molecule has 0 spiro atoms. The molecule has 0 saturated heterocycles. The first-order valence-electron chi connectivity index (χ1n) is 16.6. The van der Waals surface area contributed by atoms with Gasteiger partial charge in [0.25, 0.3) is 0 Å². The van der Waals surface area contributed by atoms with E-state index in [1.165, 1.54) is 51.4 Å². The number of aliphatic hydroxyl groups is 3. The van der Waals surface area contributed by atoms with E-state index >= 15 is 0 Å². The number of amides is 1. The zero-order valence-electron chi connectivity index (χ0n) is 26.4. The molecule has 1 amide bonds. The Morgan fingerprint density at radius 3 is 2.00 bits per heavy atom. The van der Waals surface area contributed by atoms with Crippen molar-refractivity contribution < 1.29 is 20.1 Å². The number of allylic oxidation sites excluding steroid dienone is 8. The van der Waals surface area contributed by atoms with Gasteiger partial charge in [0.2, 0.25) is 5.91 Å². The van der Waals surface area contributed by atoms with Crippen molar-refractivity contribution in [2.45, 2.75) is 154 Å². The molecular weight excluding hydrogens is 510 g/mol. The van der Waals surface area contributed by atoms with E-state index < -0.39 is 18.2 Å². The van der Waals surface area contributed by atoms with Crippen LogP contribution in [0.2, 0.25) is 0 Å². The van der Waals surface area contributed by atoms with Crippen LogP contribution >= 0.6 is 0 Å². The summed E-state index contributed by atoms with van der Waals surface area (Å²) in [5.74, 6) is -0.129. The Labute approximate surface area is 252 Å². The molecule has 0 saturated carbocycles. The molecule has 0 fully saturated rings. The summed E-state index contributed by atoms with van der Waals surface area (Å²) in [6.07, 6.45) is 38.8. The Kier molecular flexibility index (Phi) is 29.5. The van der Waals surface area contributed by atoms with Crippen molar-refractivity contribution in [3.05, 3.63) is 60.8 Å². The van der Waals surface area contributed by atoms with E-state index in [4.69, 9.17) is 0 Å². The first kappa shape index (κ1) is 39.0. The molecule has 3 atom stereocenters. The van der Waals surface area contributed by atoms with Crippen molar-refractivity contribution in [3.8, 4) is 0 Å². The van der Waals surface area contributed by atoms with E-state index in [0.29, 0.717) is 6.42 Å². The summed E-state index contributed by atoms with van der Waals surface area (Å²) in [5.41, 5.74) is 0.